The van der Waals surface area contributed by atoms with E-state index >= 15 is 0 Å². The summed E-state index contributed by atoms with van der Waals surface area (Å²) in [5, 5.41) is 0. The van der Waals surface area contributed by atoms with Gasteiger partial charge in [-0.1, -0.05) is 26.0 Å². The first-order valence-electron chi connectivity index (χ1n) is 10.6. The van der Waals surface area contributed by atoms with Crippen LogP contribution in [0.4, 0.5) is 0 Å². The molecule has 1 heterocycles. The van der Waals surface area contributed by atoms with Crippen molar-refractivity contribution in [3.63, 3.8) is 0 Å². The highest BCUT2D eigenvalue weighted by atomic mass is 32.2. The summed E-state index contributed by atoms with van der Waals surface area (Å²) in [7, 11) is 1.33. The smallest absolute Gasteiger partial charge is 0.336 e. The van der Waals surface area contributed by atoms with Gasteiger partial charge in [-0.3, -0.25) is 14.6 Å². The Balaban J connectivity index is 1.83. The van der Waals surface area contributed by atoms with Crippen LogP contribution in [0.15, 0.2) is 45.4 Å². The van der Waals surface area contributed by atoms with E-state index in [4.69, 9.17) is 9.47 Å². The minimum atomic E-state index is -0.570. The van der Waals surface area contributed by atoms with Gasteiger partial charge in [0.25, 0.3) is 0 Å². The van der Waals surface area contributed by atoms with Crippen molar-refractivity contribution in [1.82, 2.24) is 0 Å². The number of thioether (sulfide) groups is 1. The van der Waals surface area contributed by atoms with Crippen molar-refractivity contribution in [3.8, 4) is 0 Å². The molecule has 1 aromatic rings. The van der Waals surface area contributed by atoms with Crippen LogP contribution in [0.5, 0.6) is 0 Å². The lowest BCUT2D eigenvalue weighted by Crippen LogP contribution is -2.36. The zero-order valence-electron chi connectivity index (χ0n) is 18.9. The predicted octanol–water partition coefficient (Wildman–Crippen LogP) is 4.87. The van der Waals surface area contributed by atoms with Crippen molar-refractivity contribution in [2.45, 2.75) is 51.9 Å². The molecule has 1 aliphatic rings. The SMILES string of the molecule is CCCC(=O)c1ccc(SCCCOC(=O)C2=C(C)N=C(C)C(C(=O)OC)C2C)cc1. The topological polar surface area (TPSA) is 82.0 Å². The fourth-order valence-electron chi connectivity index (χ4n) is 3.69. The molecule has 2 unspecified atom stereocenters. The van der Waals surface area contributed by atoms with Gasteiger partial charge in [-0.15, -0.1) is 11.8 Å². The number of nitrogens with zero attached hydrogens (tertiary/aromatic N) is 1. The Kier molecular flexibility index (Phi) is 9.49. The van der Waals surface area contributed by atoms with Crippen molar-refractivity contribution in [2.24, 2.45) is 16.8 Å². The van der Waals surface area contributed by atoms with Gasteiger partial charge >= 0.3 is 11.9 Å². The molecule has 168 valence electrons. The molecule has 0 fully saturated rings. The van der Waals surface area contributed by atoms with E-state index in [0.717, 1.165) is 22.6 Å². The molecule has 0 radical (unpaired) electrons. The van der Waals surface area contributed by atoms with Crippen LogP contribution in [-0.4, -0.2) is 42.9 Å². The normalized spacial score (nSPS) is 18.4. The molecule has 2 rings (SSSR count). The molecule has 0 N–H and O–H groups in total. The van der Waals surface area contributed by atoms with Crippen molar-refractivity contribution in [2.75, 3.05) is 19.5 Å². The standard InChI is InChI=1S/C24H31NO5S/c1-6-8-20(26)18-9-11-19(12-10-18)31-14-7-13-30-24(28)22-15(2)21(23(27)29-5)16(3)25-17(22)4/h9-12,15,21H,6-8,13-14H2,1-5H3. The van der Waals surface area contributed by atoms with E-state index in [1.54, 1.807) is 25.6 Å². The Bertz CT molecular complexity index is 872. The molecule has 1 aromatic carbocycles. The Morgan fingerprint density at radius 3 is 2.42 bits per heavy atom. The molecule has 1 aliphatic heterocycles. The van der Waals surface area contributed by atoms with Crippen LogP contribution >= 0.6 is 11.8 Å². The van der Waals surface area contributed by atoms with Gasteiger partial charge in [0, 0.05) is 40.0 Å². The van der Waals surface area contributed by atoms with Crippen LogP contribution in [0.3, 0.4) is 0 Å². The van der Waals surface area contributed by atoms with Crippen LogP contribution in [-0.2, 0) is 19.1 Å². The summed E-state index contributed by atoms with van der Waals surface area (Å²) < 4.78 is 10.3. The monoisotopic (exact) mass is 445 g/mol. The Hall–Kier alpha value is -2.41. The molecule has 31 heavy (non-hydrogen) atoms. The number of esters is 2. The van der Waals surface area contributed by atoms with Crippen molar-refractivity contribution in [3.05, 3.63) is 41.1 Å². The molecule has 2 atom stereocenters. The molecule has 0 bridgehead atoms. The van der Waals surface area contributed by atoms with Gasteiger partial charge in [0.1, 0.15) is 5.92 Å². The van der Waals surface area contributed by atoms with E-state index in [1.807, 2.05) is 38.1 Å². The van der Waals surface area contributed by atoms with Gasteiger partial charge in [-0.25, -0.2) is 4.79 Å². The molecule has 0 saturated heterocycles. The fourth-order valence-corrected chi connectivity index (χ4v) is 4.51. The van der Waals surface area contributed by atoms with Crippen LogP contribution in [0.25, 0.3) is 0 Å². The number of hydrogen-bond donors (Lipinski definition) is 0. The van der Waals surface area contributed by atoms with E-state index in [-0.39, 0.29) is 18.3 Å². The molecule has 0 amide bonds. The average Bonchev–Trinajstić information content (AvgIpc) is 2.73. The summed E-state index contributed by atoms with van der Waals surface area (Å²) in [6.07, 6.45) is 2.10. The number of ether oxygens (including phenoxy) is 2. The molecule has 6 nitrogen and oxygen atoms in total. The molecule has 0 aliphatic carbocycles. The van der Waals surface area contributed by atoms with E-state index < -0.39 is 17.9 Å². The molecule has 0 saturated carbocycles. The lowest BCUT2D eigenvalue weighted by Gasteiger charge is -2.28. The Morgan fingerprint density at radius 1 is 1.13 bits per heavy atom. The summed E-state index contributed by atoms with van der Waals surface area (Å²) in [4.78, 5) is 42.1. The number of methoxy groups -OCH3 is 1. The first-order chi connectivity index (χ1) is 14.8. The highest BCUT2D eigenvalue weighted by Crippen LogP contribution is 2.32. The zero-order valence-corrected chi connectivity index (χ0v) is 19.7. The first-order valence-corrected chi connectivity index (χ1v) is 11.6. The van der Waals surface area contributed by atoms with Crippen molar-refractivity contribution < 1.29 is 23.9 Å². The highest BCUT2D eigenvalue weighted by Gasteiger charge is 2.38. The summed E-state index contributed by atoms with van der Waals surface area (Å²) in [6, 6.07) is 7.62. The molecule has 0 aromatic heterocycles. The molecular formula is C24H31NO5S. The number of allylic oxidation sites excluding steroid dienone is 1. The summed E-state index contributed by atoms with van der Waals surface area (Å²) in [6.45, 7) is 7.63. The molecular weight excluding hydrogens is 414 g/mol. The number of Topliss-reactive ketones (excluding diaryl/α,β-unsaturated/α-hetero) is 1. The Labute approximate surface area is 188 Å². The number of carbonyl (C=O) groups excluding carboxylic acids is 3. The van der Waals surface area contributed by atoms with E-state index in [1.165, 1.54) is 7.11 Å². The second-order valence-corrected chi connectivity index (χ2v) is 8.75. The van der Waals surface area contributed by atoms with Crippen molar-refractivity contribution in [1.29, 1.82) is 0 Å². The summed E-state index contributed by atoms with van der Waals surface area (Å²) >= 11 is 1.65. The maximum Gasteiger partial charge on any atom is 0.336 e. The van der Waals surface area contributed by atoms with Gasteiger partial charge in [0.15, 0.2) is 5.78 Å². The van der Waals surface area contributed by atoms with E-state index in [2.05, 4.69) is 4.99 Å². The largest absolute Gasteiger partial charge is 0.468 e. The fraction of sp³-hybridized carbons (Fsp3) is 0.500. The summed E-state index contributed by atoms with van der Waals surface area (Å²) in [5.74, 6) is -0.795. The number of carbonyl (C=O) groups is 3. The summed E-state index contributed by atoms with van der Waals surface area (Å²) in [5.41, 5.74) is 2.41. The highest BCUT2D eigenvalue weighted by molar-refractivity contribution is 7.99. The van der Waals surface area contributed by atoms with Gasteiger partial charge in [0.2, 0.25) is 0 Å². The van der Waals surface area contributed by atoms with Crippen LogP contribution in [0.2, 0.25) is 0 Å². The van der Waals surface area contributed by atoms with E-state index in [9.17, 15) is 14.4 Å². The third-order valence-electron chi connectivity index (χ3n) is 5.26. The number of aliphatic imine (C=N–C) groups is 1. The maximum atomic E-state index is 12.6. The van der Waals surface area contributed by atoms with Crippen LogP contribution in [0, 0.1) is 11.8 Å². The third kappa shape index (κ3) is 6.53. The lowest BCUT2D eigenvalue weighted by molar-refractivity contribution is -0.144. The van der Waals surface area contributed by atoms with Crippen LogP contribution in [0.1, 0.15) is 57.3 Å². The second kappa shape index (κ2) is 11.8. The number of benzene rings is 1. The number of hydrogen-bond acceptors (Lipinski definition) is 7. The van der Waals surface area contributed by atoms with Gasteiger partial charge in [0.05, 0.1) is 19.3 Å². The third-order valence-corrected chi connectivity index (χ3v) is 6.36. The minimum Gasteiger partial charge on any atom is -0.468 e. The van der Waals surface area contributed by atoms with Crippen LogP contribution < -0.4 is 0 Å². The molecule has 7 heteroatoms. The van der Waals surface area contributed by atoms with E-state index in [0.29, 0.717) is 29.8 Å². The van der Waals surface area contributed by atoms with Crippen molar-refractivity contribution >= 4 is 35.2 Å². The second-order valence-electron chi connectivity index (χ2n) is 7.58. The lowest BCUT2D eigenvalue weighted by atomic mass is 9.81. The van der Waals surface area contributed by atoms with Gasteiger partial charge < -0.3 is 9.47 Å². The van der Waals surface area contributed by atoms with Gasteiger partial charge in [-0.2, -0.15) is 0 Å². The number of rotatable bonds is 10. The quantitative estimate of drug-likeness (QED) is 0.221. The maximum absolute atomic E-state index is 12.6. The van der Waals surface area contributed by atoms with Gasteiger partial charge in [-0.05, 0) is 38.8 Å². The molecule has 0 spiro atoms. The average molecular weight is 446 g/mol. The predicted molar refractivity (Wildman–Crippen MR) is 122 cm³/mol. The number of ketones is 1. The Morgan fingerprint density at radius 2 is 1.81 bits per heavy atom. The first kappa shape index (κ1) is 24.9. The minimum absolute atomic E-state index is 0.168. The zero-order chi connectivity index (χ0) is 23.0.